The highest BCUT2D eigenvalue weighted by molar-refractivity contribution is 6.35. The van der Waals surface area contributed by atoms with Crippen molar-refractivity contribution in [3.63, 3.8) is 0 Å². The summed E-state index contributed by atoms with van der Waals surface area (Å²) >= 11 is 11.7. The summed E-state index contributed by atoms with van der Waals surface area (Å²) in [5.74, 6) is 0.266. The molecule has 0 bridgehead atoms. The lowest BCUT2D eigenvalue weighted by molar-refractivity contribution is -0.132. The van der Waals surface area contributed by atoms with Crippen molar-refractivity contribution in [1.29, 1.82) is 0 Å². The third-order valence-corrected chi connectivity index (χ3v) is 2.83. The Bertz CT molecular complexity index is 465. The van der Waals surface area contributed by atoms with E-state index in [9.17, 15) is 4.79 Å². The maximum Gasteiger partial charge on any atom is 0.261 e. The van der Waals surface area contributed by atoms with E-state index in [1.165, 1.54) is 0 Å². The molecule has 0 heterocycles. The quantitative estimate of drug-likeness (QED) is 0.720. The van der Waals surface area contributed by atoms with Gasteiger partial charge in [-0.15, -0.1) is 13.2 Å². The Kier molecular flexibility index (Phi) is 6.46. The van der Waals surface area contributed by atoms with Crippen molar-refractivity contribution in [3.8, 4) is 5.75 Å². The molecule has 0 unspecified atom stereocenters. The van der Waals surface area contributed by atoms with Crippen LogP contribution in [0.3, 0.4) is 0 Å². The number of nitrogens with zero attached hydrogens (tertiary/aromatic N) is 1. The molecule has 1 aromatic carbocycles. The summed E-state index contributed by atoms with van der Waals surface area (Å²) in [6.07, 6.45) is 3.30. The highest BCUT2D eigenvalue weighted by Crippen LogP contribution is 2.27. The molecule has 0 aliphatic heterocycles. The molecule has 5 heteroatoms. The molecule has 1 aromatic rings. The van der Waals surface area contributed by atoms with Crippen LogP contribution in [0, 0.1) is 0 Å². The van der Waals surface area contributed by atoms with Crippen LogP contribution in [0.1, 0.15) is 0 Å². The zero-order chi connectivity index (χ0) is 14.3. The highest BCUT2D eigenvalue weighted by atomic mass is 35.5. The first-order valence-electron chi connectivity index (χ1n) is 5.66. The maximum absolute atomic E-state index is 11.9. The number of amides is 1. The number of carbonyl (C=O) groups excluding carboxylic acids is 1. The molecule has 19 heavy (non-hydrogen) atoms. The summed E-state index contributed by atoms with van der Waals surface area (Å²) in [6.45, 7) is 8.00. The van der Waals surface area contributed by atoms with Crippen LogP contribution in [-0.4, -0.2) is 30.5 Å². The molecule has 0 saturated heterocycles. The van der Waals surface area contributed by atoms with Gasteiger partial charge in [0, 0.05) is 18.1 Å². The monoisotopic (exact) mass is 299 g/mol. The SMILES string of the molecule is C=CCN(CC=C)C(=O)COc1ccc(Cl)cc1Cl. The van der Waals surface area contributed by atoms with Crippen LogP contribution in [0.25, 0.3) is 0 Å². The molecule has 102 valence electrons. The fraction of sp³-hybridized carbons (Fsp3) is 0.214. The van der Waals surface area contributed by atoms with Crippen molar-refractivity contribution in [3.05, 3.63) is 53.6 Å². The van der Waals surface area contributed by atoms with E-state index in [1.54, 1.807) is 35.3 Å². The molecule has 1 amide bonds. The Morgan fingerprint density at radius 2 is 1.89 bits per heavy atom. The van der Waals surface area contributed by atoms with Gasteiger partial charge in [-0.3, -0.25) is 4.79 Å². The summed E-state index contributed by atoms with van der Waals surface area (Å²) in [6, 6.07) is 4.84. The fourth-order valence-electron chi connectivity index (χ4n) is 1.41. The van der Waals surface area contributed by atoms with E-state index >= 15 is 0 Å². The van der Waals surface area contributed by atoms with Gasteiger partial charge in [-0.25, -0.2) is 0 Å². The molecule has 0 spiro atoms. The van der Waals surface area contributed by atoms with Gasteiger partial charge in [-0.05, 0) is 18.2 Å². The molecule has 3 nitrogen and oxygen atoms in total. The minimum atomic E-state index is -0.161. The average Bonchev–Trinajstić information content (AvgIpc) is 2.37. The highest BCUT2D eigenvalue weighted by Gasteiger charge is 2.12. The van der Waals surface area contributed by atoms with Gasteiger partial charge in [-0.1, -0.05) is 35.4 Å². The lowest BCUT2D eigenvalue weighted by Crippen LogP contribution is -2.35. The first kappa shape index (κ1) is 15.6. The fourth-order valence-corrected chi connectivity index (χ4v) is 1.88. The van der Waals surface area contributed by atoms with Gasteiger partial charge >= 0.3 is 0 Å². The molecule has 0 aliphatic rings. The Hall–Kier alpha value is -1.45. The number of hydrogen-bond donors (Lipinski definition) is 0. The number of ether oxygens (including phenoxy) is 1. The van der Waals surface area contributed by atoms with Gasteiger partial charge < -0.3 is 9.64 Å². The third-order valence-electron chi connectivity index (χ3n) is 2.30. The molecular formula is C14H15Cl2NO2. The Balaban J connectivity index is 2.61. The number of halogens is 2. The van der Waals surface area contributed by atoms with Crippen LogP contribution in [0.2, 0.25) is 10.0 Å². The van der Waals surface area contributed by atoms with Crippen molar-refractivity contribution in [1.82, 2.24) is 4.90 Å². The largest absolute Gasteiger partial charge is 0.482 e. The van der Waals surface area contributed by atoms with Crippen LogP contribution < -0.4 is 4.74 Å². The van der Waals surface area contributed by atoms with Crippen molar-refractivity contribution >= 4 is 29.1 Å². The molecule has 0 atom stereocenters. The molecule has 0 aliphatic carbocycles. The van der Waals surface area contributed by atoms with Gasteiger partial charge in [-0.2, -0.15) is 0 Å². The second-order valence-electron chi connectivity index (χ2n) is 3.74. The Labute approximate surface area is 123 Å². The lowest BCUT2D eigenvalue weighted by Gasteiger charge is -2.19. The molecular weight excluding hydrogens is 285 g/mol. The van der Waals surface area contributed by atoms with Gasteiger partial charge in [0.15, 0.2) is 6.61 Å². The van der Waals surface area contributed by atoms with E-state index in [1.807, 2.05) is 0 Å². The van der Waals surface area contributed by atoms with E-state index in [0.717, 1.165) is 0 Å². The maximum atomic E-state index is 11.9. The van der Waals surface area contributed by atoms with Crippen LogP contribution in [0.4, 0.5) is 0 Å². The summed E-state index contributed by atoms with van der Waals surface area (Å²) in [4.78, 5) is 13.5. The Morgan fingerprint density at radius 3 is 2.42 bits per heavy atom. The smallest absolute Gasteiger partial charge is 0.261 e. The molecule has 1 rings (SSSR count). The van der Waals surface area contributed by atoms with Crippen LogP contribution in [0.15, 0.2) is 43.5 Å². The second-order valence-corrected chi connectivity index (χ2v) is 4.58. The topological polar surface area (TPSA) is 29.5 Å². The zero-order valence-electron chi connectivity index (χ0n) is 10.4. The van der Waals surface area contributed by atoms with Crippen LogP contribution in [0.5, 0.6) is 5.75 Å². The van der Waals surface area contributed by atoms with E-state index < -0.39 is 0 Å². The second kappa shape index (κ2) is 7.87. The number of hydrogen-bond acceptors (Lipinski definition) is 2. The molecule has 0 aromatic heterocycles. The summed E-state index contributed by atoms with van der Waals surface area (Å²) < 4.78 is 5.38. The van der Waals surface area contributed by atoms with Crippen molar-refractivity contribution in [2.24, 2.45) is 0 Å². The summed E-state index contributed by atoms with van der Waals surface area (Å²) in [5.41, 5.74) is 0. The molecule has 0 fully saturated rings. The predicted octanol–water partition coefficient (Wildman–Crippen LogP) is 3.57. The first-order valence-corrected chi connectivity index (χ1v) is 6.41. The third kappa shape index (κ3) is 4.97. The standard InChI is InChI=1S/C14H15Cl2NO2/c1-3-7-17(8-4-2)14(18)10-19-13-6-5-11(15)9-12(13)16/h3-6,9H,1-2,7-8,10H2. The van der Waals surface area contributed by atoms with E-state index in [2.05, 4.69) is 13.2 Å². The van der Waals surface area contributed by atoms with Crippen molar-refractivity contribution < 1.29 is 9.53 Å². The molecule has 0 radical (unpaired) electrons. The van der Waals surface area contributed by atoms with E-state index in [-0.39, 0.29) is 12.5 Å². The van der Waals surface area contributed by atoms with Crippen LogP contribution in [-0.2, 0) is 4.79 Å². The Morgan fingerprint density at radius 1 is 1.26 bits per heavy atom. The average molecular weight is 300 g/mol. The van der Waals surface area contributed by atoms with Gasteiger partial charge in [0.2, 0.25) is 0 Å². The van der Waals surface area contributed by atoms with Gasteiger partial charge in [0.25, 0.3) is 5.91 Å². The van der Waals surface area contributed by atoms with E-state index in [4.69, 9.17) is 27.9 Å². The number of rotatable bonds is 7. The van der Waals surface area contributed by atoms with Gasteiger partial charge in [0.05, 0.1) is 5.02 Å². The molecule has 0 N–H and O–H groups in total. The first-order chi connectivity index (χ1) is 9.08. The molecule has 0 saturated carbocycles. The minimum Gasteiger partial charge on any atom is -0.482 e. The normalized spacial score (nSPS) is 9.79. The minimum absolute atomic E-state index is 0.0942. The van der Waals surface area contributed by atoms with Gasteiger partial charge in [0.1, 0.15) is 5.75 Å². The zero-order valence-corrected chi connectivity index (χ0v) is 12.0. The summed E-state index contributed by atoms with van der Waals surface area (Å²) in [7, 11) is 0. The number of carbonyl (C=O) groups is 1. The summed E-state index contributed by atoms with van der Waals surface area (Å²) in [5, 5.41) is 0.892. The van der Waals surface area contributed by atoms with Crippen molar-refractivity contribution in [2.45, 2.75) is 0 Å². The van der Waals surface area contributed by atoms with Crippen molar-refractivity contribution in [2.75, 3.05) is 19.7 Å². The predicted molar refractivity (Wildman–Crippen MR) is 78.9 cm³/mol. The van der Waals surface area contributed by atoms with E-state index in [0.29, 0.717) is 28.9 Å². The number of benzene rings is 1. The van der Waals surface area contributed by atoms with Crippen LogP contribution >= 0.6 is 23.2 Å². The lowest BCUT2D eigenvalue weighted by atomic mass is 10.3.